The topological polar surface area (TPSA) is 98.2 Å². The molecule has 1 N–H and O–H groups in total. The van der Waals surface area contributed by atoms with Crippen molar-refractivity contribution in [3.05, 3.63) is 93.3 Å². The smallest absolute Gasteiger partial charge is 0.253 e. The van der Waals surface area contributed by atoms with E-state index in [4.69, 9.17) is 0 Å². The zero-order valence-electron chi connectivity index (χ0n) is 17.5. The highest BCUT2D eigenvalue weighted by Crippen LogP contribution is 2.35. The van der Waals surface area contributed by atoms with Gasteiger partial charge < -0.3 is 9.87 Å². The van der Waals surface area contributed by atoms with Crippen molar-refractivity contribution < 1.29 is 22.3 Å². The van der Waals surface area contributed by atoms with Gasteiger partial charge in [0, 0.05) is 27.6 Å². The van der Waals surface area contributed by atoms with E-state index in [1.165, 1.54) is 24.5 Å². The van der Waals surface area contributed by atoms with Crippen LogP contribution in [0.4, 0.5) is 20.2 Å². The van der Waals surface area contributed by atoms with Gasteiger partial charge in [0.25, 0.3) is 5.91 Å². The highest BCUT2D eigenvalue weighted by atomic mass is 127. The van der Waals surface area contributed by atoms with Crippen molar-refractivity contribution in [2.24, 2.45) is 0 Å². The quantitative estimate of drug-likeness (QED) is 0.253. The van der Waals surface area contributed by atoms with E-state index in [0.29, 0.717) is 14.6 Å². The minimum atomic E-state index is -2.82. The van der Waals surface area contributed by atoms with Gasteiger partial charge in [-0.2, -0.15) is 0 Å². The second-order valence-electron chi connectivity index (χ2n) is 7.24. The summed E-state index contributed by atoms with van der Waals surface area (Å²) in [6, 6.07) is 11.8. The number of para-hydroxylation sites is 1. The largest absolute Gasteiger partial charge is 0.755 e. The number of anilines is 2. The minimum absolute atomic E-state index is 0.0416. The first-order valence-electron chi connectivity index (χ1n) is 9.91. The number of fused-ring (bicyclic) bond motifs is 1. The molecule has 2 atom stereocenters. The molecule has 174 valence electrons. The van der Waals surface area contributed by atoms with Gasteiger partial charge in [0.05, 0.1) is 39.8 Å². The lowest BCUT2D eigenvalue weighted by Crippen LogP contribution is -2.30. The van der Waals surface area contributed by atoms with E-state index in [-0.39, 0.29) is 22.5 Å². The van der Waals surface area contributed by atoms with Gasteiger partial charge in [0.1, 0.15) is 17.2 Å². The molecule has 0 saturated heterocycles. The normalized spacial score (nSPS) is 12.9. The van der Waals surface area contributed by atoms with E-state index in [9.17, 15) is 22.3 Å². The Hall–Kier alpha value is -3.03. The molecule has 34 heavy (non-hydrogen) atoms. The molecule has 3 aromatic carbocycles. The Labute approximate surface area is 209 Å². The van der Waals surface area contributed by atoms with Gasteiger partial charge in [-0.15, -0.1) is 0 Å². The average Bonchev–Trinajstić information content (AvgIpc) is 2.79. The van der Waals surface area contributed by atoms with Crippen LogP contribution in [0.2, 0.25) is 0 Å². The SMILES string of the molecule is CC(NC(=O)c1ccc(I)cc1N(c1cccc2nccnc12)S(=O)[O-])c1ccc(F)cc1F. The van der Waals surface area contributed by atoms with Crippen LogP contribution >= 0.6 is 22.6 Å². The highest BCUT2D eigenvalue weighted by Gasteiger charge is 2.23. The molecule has 7 nitrogen and oxygen atoms in total. The fourth-order valence-corrected chi connectivity index (χ4v) is 4.60. The molecule has 0 aliphatic rings. The summed E-state index contributed by atoms with van der Waals surface area (Å²) in [4.78, 5) is 21.7. The summed E-state index contributed by atoms with van der Waals surface area (Å²) in [6.07, 6.45) is 2.93. The maximum absolute atomic E-state index is 14.2. The molecule has 0 aliphatic carbocycles. The minimum Gasteiger partial charge on any atom is -0.755 e. The van der Waals surface area contributed by atoms with E-state index in [1.807, 2.05) is 22.6 Å². The van der Waals surface area contributed by atoms with Crippen LogP contribution in [0.5, 0.6) is 0 Å². The van der Waals surface area contributed by atoms with E-state index < -0.39 is 34.8 Å². The van der Waals surface area contributed by atoms with Crippen molar-refractivity contribution in [2.75, 3.05) is 4.31 Å². The molecule has 0 aliphatic heterocycles. The van der Waals surface area contributed by atoms with Crippen LogP contribution in [0, 0.1) is 15.2 Å². The summed E-state index contributed by atoms with van der Waals surface area (Å²) >= 11 is -0.811. The monoisotopic (exact) mass is 593 g/mol. The number of carbonyl (C=O) groups excluding carboxylic acids is 1. The molecule has 1 heterocycles. The van der Waals surface area contributed by atoms with Crippen molar-refractivity contribution in [3.63, 3.8) is 0 Å². The molecule has 0 radical (unpaired) electrons. The van der Waals surface area contributed by atoms with Crippen LogP contribution < -0.4 is 9.62 Å². The fraction of sp³-hybridized carbons (Fsp3) is 0.0870. The number of amides is 1. The number of benzene rings is 3. The van der Waals surface area contributed by atoms with Crippen LogP contribution in [-0.4, -0.2) is 24.6 Å². The number of nitrogens with one attached hydrogen (secondary N) is 1. The van der Waals surface area contributed by atoms with Crippen LogP contribution in [0.25, 0.3) is 11.0 Å². The lowest BCUT2D eigenvalue weighted by molar-refractivity contribution is 0.0940. The second kappa shape index (κ2) is 10.1. The molecule has 4 rings (SSSR count). The van der Waals surface area contributed by atoms with Crippen molar-refractivity contribution in [1.29, 1.82) is 0 Å². The summed E-state index contributed by atoms with van der Waals surface area (Å²) in [5.74, 6) is -2.16. The molecule has 2 unspecified atom stereocenters. The molecule has 0 spiro atoms. The Kier molecular flexibility index (Phi) is 7.14. The number of aromatic nitrogens is 2. The Morgan fingerprint density at radius 1 is 1.09 bits per heavy atom. The van der Waals surface area contributed by atoms with Crippen molar-refractivity contribution in [3.8, 4) is 0 Å². The zero-order valence-corrected chi connectivity index (χ0v) is 20.5. The third kappa shape index (κ3) is 4.91. The molecule has 1 aromatic heterocycles. The molecule has 1 amide bonds. The first kappa shape index (κ1) is 24.1. The summed E-state index contributed by atoms with van der Waals surface area (Å²) in [5.41, 5.74) is 1.25. The van der Waals surface area contributed by atoms with E-state index in [0.717, 1.165) is 16.4 Å². The molecule has 0 fully saturated rings. The number of hydrogen-bond donors (Lipinski definition) is 1. The van der Waals surface area contributed by atoms with Gasteiger partial charge in [-0.1, -0.05) is 12.1 Å². The van der Waals surface area contributed by atoms with E-state index in [1.54, 1.807) is 37.3 Å². The number of nitrogens with zero attached hydrogens (tertiary/aromatic N) is 3. The highest BCUT2D eigenvalue weighted by molar-refractivity contribution is 14.1. The Bertz CT molecular complexity index is 1420. The number of carbonyl (C=O) groups is 1. The van der Waals surface area contributed by atoms with Crippen LogP contribution in [0.15, 0.2) is 67.0 Å². The Morgan fingerprint density at radius 2 is 1.85 bits per heavy atom. The van der Waals surface area contributed by atoms with Crippen LogP contribution in [0.1, 0.15) is 28.9 Å². The summed E-state index contributed by atoms with van der Waals surface area (Å²) in [5, 5.41) is 2.66. The predicted molar refractivity (Wildman–Crippen MR) is 132 cm³/mol. The summed E-state index contributed by atoms with van der Waals surface area (Å²) < 4.78 is 53.9. The zero-order chi connectivity index (χ0) is 24.4. The number of hydrogen-bond acceptors (Lipinski definition) is 5. The van der Waals surface area contributed by atoms with Gasteiger partial charge in [-0.25, -0.2) is 8.78 Å². The average molecular weight is 593 g/mol. The van der Waals surface area contributed by atoms with Gasteiger partial charge >= 0.3 is 0 Å². The van der Waals surface area contributed by atoms with Gasteiger partial charge in [-0.3, -0.25) is 23.3 Å². The molecule has 0 saturated carbocycles. The van der Waals surface area contributed by atoms with Crippen LogP contribution in [0.3, 0.4) is 0 Å². The molecular weight excluding hydrogens is 577 g/mol. The van der Waals surface area contributed by atoms with E-state index in [2.05, 4.69) is 15.3 Å². The lowest BCUT2D eigenvalue weighted by Gasteiger charge is -2.29. The van der Waals surface area contributed by atoms with Gasteiger partial charge in [0.15, 0.2) is 0 Å². The summed E-state index contributed by atoms with van der Waals surface area (Å²) in [7, 11) is 0. The second-order valence-corrected chi connectivity index (χ2v) is 9.28. The Balaban J connectivity index is 1.77. The molecular formula is C23H16F2IN4O3S-. The van der Waals surface area contributed by atoms with E-state index >= 15 is 0 Å². The van der Waals surface area contributed by atoms with Crippen LogP contribution in [-0.2, 0) is 11.3 Å². The summed E-state index contributed by atoms with van der Waals surface area (Å²) in [6.45, 7) is 1.55. The first-order chi connectivity index (χ1) is 16.3. The number of rotatable bonds is 6. The molecule has 11 heteroatoms. The fourth-order valence-electron chi connectivity index (χ4n) is 3.50. The van der Waals surface area contributed by atoms with Gasteiger partial charge in [-0.05, 0) is 65.9 Å². The van der Waals surface area contributed by atoms with Crippen molar-refractivity contribution >= 4 is 62.2 Å². The Morgan fingerprint density at radius 3 is 2.59 bits per heavy atom. The maximum Gasteiger partial charge on any atom is 0.253 e. The van der Waals surface area contributed by atoms with Crippen molar-refractivity contribution in [1.82, 2.24) is 15.3 Å². The molecule has 0 bridgehead atoms. The predicted octanol–water partition coefficient (Wildman–Crippen LogP) is 4.94. The number of halogens is 3. The first-order valence-corrected chi connectivity index (χ1v) is 12.0. The third-order valence-electron chi connectivity index (χ3n) is 5.05. The molecule has 4 aromatic rings. The van der Waals surface area contributed by atoms with Gasteiger partial charge in [0.2, 0.25) is 0 Å². The maximum atomic E-state index is 14.2. The third-order valence-corrected chi connectivity index (χ3v) is 6.41. The van der Waals surface area contributed by atoms with Crippen molar-refractivity contribution in [2.45, 2.75) is 13.0 Å². The standard InChI is InChI=1S/C23H17F2IN4O3S/c1-13(16-7-5-14(24)11-18(16)25)29-23(31)17-8-6-15(26)12-21(17)30(34(32)33)20-4-2-3-19-22(20)28-10-9-27-19/h2-13H,1H3,(H,29,31)(H,32,33)/p-1. The lowest BCUT2D eigenvalue weighted by atomic mass is 10.1.